The molecule has 6 nitrogen and oxygen atoms in total. The Balaban J connectivity index is -0.0000000277. The topological polar surface area (TPSA) is 179 Å². The molecule has 0 heterocycles. The van der Waals surface area contributed by atoms with E-state index in [1.165, 1.54) is 0 Å². The Bertz CT molecular complexity index is 83.5. The minimum absolute atomic E-state index is 0. The minimum atomic E-state index is 0. The highest BCUT2D eigenvalue weighted by atomic mass is 16.3. The molecule has 0 aromatic heterocycles. The molecule has 0 aliphatic heterocycles. The number of quaternary nitrogens is 3. The van der Waals surface area contributed by atoms with E-state index in [2.05, 4.69) is 0 Å². The largest absolute Gasteiger partial charge is 0.854 e. The van der Waals surface area contributed by atoms with Gasteiger partial charge in [0.15, 0.2) is 0 Å². The summed E-state index contributed by atoms with van der Waals surface area (Å²) in [5.74, 6) is 0.986. The third-order valence-electron chi connectivity index (χ3n) is 1.00. The Morgan fingerprint density at radius 2 is 0.556 bits per heavy atom. The van der Waals surface area contributed by atoms with Crippen LogP contribution in [0.2, 0.25) is 0 Å². The lowest BCUT2D eigenvalue weighted by atomic mass is 10.2. The lowest BCUT2D eigenvalue weighted by molar-refractivity contribution is -0.377. The molecule has 120 valence electrons. The molecule has 0 radical (unpaired) electrons. The van der Waals surface area contributed by atoms with E-state index in [0.29, 0.717) is 17.8 Å². The normalized spacial score (nSPS) is 8.00. The molecular formula is C12H39N3O3. The lowest BCUT2D eigenvalue weighted by Gasteiger charge is -2.03. The Labute approximate surface area is 114 Å². The van der Waals surface area contributed by atoms with Gasteiger partial charge in [-0.1, -0.05) is 59.3 Å². The molecule has 0 unspecified atom stereocenters. The molecule has 18 heavy (non-hydrogen) atoms. The third kappa shape index (κ3) is 103. The summed E-state index contributed by atoms with van der Waals surface area (Å²) in [6, 6.07) is 0. The van der Waals surface area contributed by atoms with Crippen molar-refractivity contribution in [1.29, 1.82) is 0 Å². The molecule has 0 aliphatic rings. The lowest BCUT2D eigenvalue weighted by Crippen LogP contribution is -2.11. The van der Waals surface area contributed by atoms with Crippen LogP contribution in [-0.4, -0.2) is 19.8 Å². The molecule has 6 heteroatoms. The van der Waals surface area contributed by atoms with Crippen molar-refractivity contribution in [2.45, 2.75) is 41.5 Å². The first kappa shape index (κ1) is 36.1. The summed E-state index contributed by atoms with van der Waals surface area (Å²) in [7, 11) is 0. The molecule has 0 aromatic rings. The Kier molecular flexibility index (Phi) is 60.3. The van der Waals surface area contributed by atoms with E-state index in [4.69, 9.17) is 0 Å². The van der Waals surface area contributed by atoms with Crippen molar-refractivity contribution in [3.63, 3.8) is 0 Å². The molecule has 0 saturated heterocycles. The highest BCUT2D eigenvalue weighted by Crippen LogP contribution is 1.81. The second kappa shape index (κ2) is 30.1. The first-order valence-electron chi connectivity index (χ1n) is 5.55. The van der Waals surface area contributed by atoms with Crippen molar-refractivity contribution < 1.29 is 15.3 Å². The molecule has 0 aromatic carbocycles. The van der Waals surface area contributed by atoms with Gasteiger partial charge in [0.05, 0.1) is 0 Å². The van der Waals surface area contributed by atoms with Crippen molar-refractivity contribution in [3.8, 4) is 0 Å². The quantitative estimate of drug-likeness (QED) is 0.698. The molecule has 0 fully saturated rings. The zero-order chi connectivity index (χ0) is 12.9. The van der Waals surface area contributed by atoms with Gasteiger partial charge in [-0.2, -0.15) is 0 Å². The summed E-state index contributed by atoms with van der Waals surface area (Å²) >= 11 is 0. The van der Waals surface area contributed by atoms with Crippen LogP contribution < -0.4 is 33.8 Å². The van der Waals surface area contributed by atoms with E-state index >= 15 is 0 Å². The highest BCUT2D eigenvalue weighted by Gasteiger charge is 1.74. The second-order valence-corrected chi connectivity index (χ2v) is 4.68. The summed E-state index contributed by atoms with van der Waals surface area (Å²) in [5, 5.41) is 28.9. The highest BCUT2D eigenvalue weighted by molar-refractivity contribution is 4.31. The predicted octanol–water partition coefficient (Wildman–Crippen LogP) is 1.14. The Morgan fingerprint density at radius 1 is 0.500 bits per heavy atom. The predicted molar refractivity (Wildman–Crippen MR) is 77.1 cm³/mol. The molecule has 0 rings (SSSR count). The van der Waals surface area contributed by atoms with Gasteiger partial charge in [0.2, 0.25) is 0 Å². The monoisotopic (exact) mass is 273 g/mol. The van der Waals surface area contributed by atoms with Gasteiger partial charge in [0.1, 0.15) is 0 Å². The maximum absolute atomic E-state index is 9.63. The van der Waals surface area contributed by atoms with E-state index in [0.717, 1.165) is 0 Å². The maximum atomic E-state index is 9.63. The standard InChI is InChI=1S/3C4H9O.3H3N/c3*1-4(2)3-5;;;/h3*4H,3H2,1-2H3;3*1H3/q3*-1;;;/p+3. The van der Waals surface area contributed by atoms with Crippen LogP contribution in [0.1, 0.15) is 41.5 Å². The zero-order valence-electron chi connectivity index (χ0n) is 14.1. The smallest absolute Gasteiger partial charge is 0.0625 e. The van der Waals surface area contributed by atoms with Gasteiger partial charge in [-0.3, -0.25) is 0 Å². The van der Waals surface area contributed by atoms with E-state index in [-0.39, 0.29) is 38.3 Å². The van der Waals surface area contributed by atoms with E-state index < -0.39 is 0 Å². The molecule has 0 bridgehead atoms. The van der Waals surface area contributed by atoms with Crippen LogP contribution in [0.15, 0.2) is 0 Å². The molecule has 0 spiro atoms. The van der Waals surface area contributed by atoms with Crippen molar-refractivity contribution in [1.82, 2.24) is 18.5 Å². The van der Waals surface area contributed by atoms with Crippen LogP contribution in [0.4, 0.5) is 0 Å². The van der Waals surface area contributed by atoms with Crippen LogP contribution in [-0.2, 0) is 0 Å². The van der Waals surface area contributed by atoms with Gasteiger partial charge in [-0.25, -0.2) is 0 Å². The summed E-state index contributed by atoms with van der Waals surface area (Å²) in [4.78, 5) is 0. The number of hydrogen-bond acceptors (Lipinski definition) is 3. The summed E-state index contributed by atoms with van der Waals surface area (Å²) in [6.07, 6.45) is 0. The molecule has 0 amide bonds. The minimum Gasteiger partial charge on any atom is -0.854 e. The summed E-state index contributed by atoms with van der Waals surface area (Å²) < 4.78 is 0. The third-order valence-corrected chi connectivity index (χ3v) is 1.00. The Morgan fingerprint density at radius 3 is 0.556 bits per heavy atom. The molecule has 0 aliphatic carbocycles. The fraction of sp³-hybridized carbons (Fsp3) is 1.00. The fourth-order valence-electron chi connectivity index (χ4n) is 0. The van der Waals surface area contributed by atoms with E-state index in [1.807, 2.05) is 41.5 Å². The summed E-state index contributed by atoms with van der Waals surface area (Å²) in [5.41, 5.74) is 0. The SMILES string of the molecule is CC(C)C[O-].CC(C)C[O-].CC(C)C[O-].[NH4+].[NH4+].[NH4+]. The second-order valence-electron chi connectivity index (χ2n) is 4.68. The van der Waals surface area contributed by atoms with Crippen LogP contribution in [0.25, 0.3) is 0 Å². The van der Waals surface area contributed by atoms with Crippen LogP contribution >= 0.6 is 0 Å². The van der Waals surface area contributed by atoms with Gasteiger partial charge in [-0.05, 0) is 0 Å². The van der Waals surface area contributed by atoms with Crippen molar-refractivity contribution in [2.24, 2.45) is 17.8 Å². The van der Waals surface area contributed by atoms with Crippen molar-refractivity contribution in [3.05, 3.63) is 0 Å². The molecular weight excluding hydrogens is 234 g/mol. The molecule has 0 saturated carbocycles. The first-order chi connectivity index (χ1) is 6.81. The van der Waals surface area contributed by atoms with Gasteiger partial charge < -0.3 is 33.8 Å². The molecule has 0 atom stereocenters. The molecule has 12 N–H and O–H groups in total. The van der Waals surface area contributed by atoms with Crippen molar-refractivity contribution in [2.75, 3.05) is 19.8 Å². The fourth-order valence-corrected chi connectivity index (χ4v) is 0. The van der Waals surface area contributed by atoms with Gasteiger partial charge >= 0.3 is 0 Å². The average molecular weight is 273 g/mol. The average Bonchev–Trinajstić information content (AvgIpc) is 2.19. The van der Waals surface area contributed by atoms with E-state index in [9.17, 15) is 15.3 Å². The van der Waals surface area contributed by atoms with Crippen LogP contribution in [0.5, 0.6) is 0 Å². The number of rotatable bonds is 3. The summed E-state index contributed by atoms with van der Waals surface area (Å²) in [6.45, 7) is 11.6. The van der Waals surface area contributed by atoms with Gasteiger partial charge in [0, 0.05) is 0 Å². The van der Waals surface area contributed by atoms with Gasteiger partial charge in [0.25, 0.3) is 0 Å². The van der Waals surface area contributed by atoms with Crippen molar-refractivity contribution >= 4 is 0 Å². The van der Waals surface area contributed by atoms with Gasteiger partial charge in [-0.15, -0.1) is 19.8 Å². The van der Waals surface area contributed by atoms with Crippen LogP contribution in [0.3, 0.4) is 0 Å². The van der Waals surface area contributed by atoms with Crippen LogP contribution in [0, 0.1) is 17.8 Å². The zero-order valence-corrected chi connectivity index (χ0v) is 14.1. The van der Waals surface area contributed by atoms with E-state index in [1.54, 1.807) is 0 Å². The first-order valence-corrected chi connectivity index (χ1v) is 5.55. The Hall–Kier alpha value is -0.240. The number of hydrogen-bond donors (Lipinski definition) is 3. The maximum Gasteiger partial charge on any atom is -0.0625 e.